The summed E-state index contributed by atoms with van der Waals surface area (Å²) in [6, 6.07) is 2.93. The van der Waals surface area contributed by atoms with Crippen LogP contribution in [0.2, 0.25) is 0 Å². The zero-order chi connectivity index (χ0) is 26.0. The molecule has 38 heavy (non-hydrogen) atoms. The smallest absolute Gasteiger partial charge is 0.222 e. The number of carbonyl (C=O) groups is 2. The zero-order valence-corrected chi connectivity index (χ0v) is 23.3. The topological polar surface area (TPSA) is 67.3 Å². The van der Waals surface area contributed by atoms with E-state index in [0.717, 1.165) is 45.9 Å². The zero-order valence-electron chi connectivity index (χ0n) is 23.3. The Morgan fingerprint density at radius 1 is 0.711 bits per heavy atom. The summed E-state index contributed by atoms with van der Waals surface area (Å²) in [5, 5.41) is 7.00. The van der Waals surface area contributed by atoms with Crippen LogP contribution < -0.4 is 0 Å². The average molecular weight is 525 g/mol. The van der Waals surface area contributed by atoms with Crippen LogP contribution in [-0.4, -0.2) is 100 Å². The number of nitrogens with zero attached hydrogens (tertiary/aromatic N) is 4. The van der Waals surface area contributed by atoms with Gasteiger partial charge in [-0.2, -0.15) is 0 Å². The Labute approximate surface area is 228 Å². The molecule has 0 aromatic heterocycles. The van der Waals surface area contributed by atoms with E-state index in [1.807, 2.05) is 0 Å². The van der Waals surface area contributed by atoms with Crippen LogP contribution in [-0.2, 0) is 9.59 Å². The third-order valence-electron chi connectivity index (χ3n) is 12.1. The first-order chi connectivity index (χ1) is 18.7. The average Bonchev–Trinajstić information content (AvgIpc) is 2.95. The molecule has 9 atom stereocenters. The molecule has 8 aliphatic rings. The second-order valence-corrected chi connectivity index (χ2v) is 13.6. The third-order valence-corrected chi connectivity index (χ3v) is 12.1. The molecular weight excluding hydrogens is 476 g/mol. The summed E-state index contributed by atoms with van der Waals surface area (Å²) in [5.41, 5.74) is 1.68. The number of aliphatic hydroxyl groups excluding tert-OH is 1. The lowest BCUT2D eigenvalue weighted by atomic mass is 9.64. The number of aliphatic hydroxyl groups is 1. The summed E-state index contributed by atoms with van der Waals surface area (Å²) >= 11 is 0. The van der Waals surface area contributed by atoms with Crippen molar-refractivity contribution in [1.29, 1.82) is 0 Å². The molecule has 8 rings (SSSR count). The van der Waals surface area contributed by atoms with Crippen molar-refractivity contribution in [3.8, 4) is 0 Å². The van der Waals surface area contributed by atoms with Gasteiger partial charge in [0.25, 0.3) is 0 Å². The summed E-state index contributed by atoms with van der Waals surface area (Å²) < 4.78 is 0. The first-order valence-electron chi connectivity index (χ1n) is 15.9. The van der Waals surface area contributed by atoms with Crippen molar-refractivity contribution in [3.05, 3.63) is 11.8 Å². The number of hydrogen-bond acceptors (Lipinski definition) is 5. The van der Waals surface area contributed by atoms with Crippen molar-refractivity contribution in [2.45, 2.75) is 114 Å². The number of hydrogen-bond donors (Lipinski definition) is 1. The van der Waals surface area contributed by atoms with Gasteiger partial charge in [-0.15, -0.1) is 0 Å². The quantitative estimate of drug-likeness (QED) is 0.571. The predicted octanol–water partition coefficient (Wildman–Crippen LogP) is 3.23. The first-order valence-corrected chi connectivity index (χ1v) is 15.9. The third kappa shape index (κ3) is 3.88. The van der Waals surface area contributed by atoms with Crippen LogP contribution in [0, 0.1) is 23.7 Å². The molecule has 7 heteroatoms. The van der Waals surface area contributed by atoms with E-state index in [1.165, 1.54) is 70.9 Å². The van der Waals surface area contributed by atoms with Gasteiger partial charge in [-0.3, -0.25) is 14.5 Å². The van der Waals surface area contributed by atoms with E-state index < -0.39 is 0 Å². The number of rotatable bonds is 1. The summed E-state index contributed by atoms with van der Waals surface area (Å²) in [7, 11) is 1.00. The Balaban J connectivity index is 0.00000118. The largest absolute Gasteiger partial charge is 0.400 e. The number of amides is 2. The molecule has 0 unspecified atom stereocenters. The van der Waals surface area contributed by atoms with Crippen molar-refractivity contribution in [1.82, 2.24) is 19.6 Å². The van der Waals surface area contributed by atoms with Crippen LogP contribution in [0.1, 0.15) is 83.5 Å². The minimum atomic E-state index is 0.436. The van der Waals surface area contributed by atoms with E-state index in [1.54, 1.807) is 5.57 Å². The van der Waals surface area contributed by atoms with Gasteiger partial charge in [-0.25, -0.2) is 0 Å². The van der Waals surface area contributed by atoms with Gasteiger partial charge in [0.15, 0.2) is 0 Å². The molecule has 7 saturated heterocycles. The van der Waals surface area contributed by atoms with Crippen LogP contribution >= 0.6 is 0 Å². The van der Waals surface area contributed by atoms with Gasteiger partial charge in [-0.05, 0) is 94.6 Å². The maximum Gasteiger partial charge on any atom is 0.222 e. The van der Waals surface area contributed by atoms with Gasteiger partial charge in [0.1, 0.15) is 0 Å². The number of piperidine rings is 7. The highest BCUT2D eigenvalue weighted by Gasteiger charge is 2.55. The minimum Gasteiger partial charge on any atom is -0.400 e. The Morgan fingerprint density at radius 2 is 1.37 bits per heavy atom. The summed E-state index contributed by atoms with van der Waals surface area (Å²) in [4.78, 5) is 36.1. The molecule has 8 aliphatic heterocycles. The summed E-state index contributed by atoms with van der Waals surface area (Å²) in [5.74, 6) is 3.52. The monoisotopic (exact) mass is 524 g/mol. The van der Waals surface area contributed by atoms with E-state index in [-0.39, 0.29) is 0 Å². The molecule has 2 amide bonds. The number of fused-ring (bicyclic) bond motifs is 4. The van der Waals surface area contributed by atoms with Gasteiger partial charge < -0.3 is 19.8 Å². The van der Waals surface area contributed by atoms with Crippen molar-refractivity contribution >= 4 is 11.8 Å². The highest BCUT2D eigenvalue weighted by molar-refractivity contribution is 5.78. The Kier molecular flexibility index (Phi) is 6.74. The summed E-state index contributed by atoms with van der Waals surface area (Å²) in [6.45, 7) is 4.47. The highest BCUT2D eigenvalue weighted by Crippen LogP contribution is 2.51. The molecular formula is C31H48N4O3. The lowest BCUT2D eigenvalue weighted by Gasteiger charge is -2.62. The van der Waals surface area contributed by atoms with E-state index in [4.69, 9.17) is 5.11 Å². The van der Waals surface area contributed by atoms with Gasteiger partial charge in [0, 0.05) is 87.8 Å². The van der Waals surface area contributed by atoms with Crippen molar-refractivity contribution in [3.63, 3.8) is 0 Å². The van der Waals surface area contributed by atoms with Crippen LogP contribution in [0.25, 0.3) is 0 Å². The predicted molar refractivity (Wildman–Crippen MR) is 146 cm³/mol. The van der Waals surface area contributed by atoms with Crippen LogP contribution in [0.15, 0.2) is 11.8 Å². The van der Waals surface area contributed by atoms with Gasteiger partial charge in [0.2, 0.25) is 11.8 Å². The van der Waals surface area contributed by atoms with Gasteiger partial charge >= 0.3 is 0 Å². The molecule has 0 aliphatic carbocycles. The lowest BCUT2D eigenvalue weighted by Crippen LogP contribution is -2.69. The molecule has 0 saturated carbocycles. The van der Waals surface area contributed by atoms with E-state index in [2.05, 4.69) is 25.8 Å². The Morgan fingerprint density at radius 3 is 2.11 bits per heavy atom. The Bertz CT molecular complexity index is 969. The lowest BCUT2D eigenvalue weighted by molar-refractivity contribution is -0.153. The second kappa shape index (κ2) is 10.1. The van der Waals surface area contributed by atoms with Crippen LogP contribution in [0.4, 0.5) is 0 Å². The molecule has 0 bridgehead atoms. The summed E-state index contributed by atoms with van der Waals surface area (Å²) in [6.07, 6.45) is 17.8. The molecule has 0 aromatic rings. The molecule has 7 nitrogen and oxygen atoms in total. The van der Waals surface area contributed by atoms with Crippen LogP contribution in [0.3, 0.4) is 0 Å². The fourth-order valence-corrected chi connectivity index (χ4v) is 10.9. The normalized spacial score (nSPS) is 44.1. The van der Waals surface area contributed by atoms with Crippen molar-refractivity contribution < 1.29 is 14.7 Å². The molecule has 0 spiro atoms. The maximum absolute atomic E-state index is 12.9. The number of carbonyl (C=O) groups excluding carboxylic acids is 2. The molecule has 0 radical (unpaired) electrons. The fraction of sp³-hybridized carbons (Fsp3) is 0.871. The van der Waals surface area contributed by atoms with Crippen molar-refractivity contribution in [2.24, 2.45) is 23.7 Å². The van der Waals surface area contributed by atoms with E-state index >= 15 is 0 Å². The first kappa shape index (κ1) is 25.4. The molecule has 1 N–H and O–H groups in total. The van der Waals surface area contributed by atoms with E-state index in [9.17, 15) is 9.59 Å². The van der Waals surface area contributed by atoms with Gasteiger partial charge in [0.05, 0.1) is 0 Å². The maximum atomic E-state index is 12.9. The molecule has 0 aromatic carbocycles. The highest BCUT2D eigenvalue weighted by atomic mass is 16.2. The minimum absolute atomic E-state index is 0.436. The molecule has 7 fully saturated rings. The fourth-order valence-electron chi connectivity index (χ4n) is 10.9. The Hall–Kier alpha value is -1.60. The molecule has 8 heterocycles. The molecule has 210 valence electrons. The second-order valence-electron chi connectivity index (χ2n) is 13.6. The van der Waals surface area contributed by atoms with Crippen molar-refractivity contribution in [2.75, 3.05) is 33.3 Å². The van der Waals surface area contributed by atoms with Gasteiger partial charge in [-0.1, -0.05) is 0 Å². The van der Waals surface area contributed by atoms with Crippen LogP contribution in [0.5, 0.6) is 0 Å². The standard InChI is InChI=1S/C30H44N4O2.CH4O/c35-27-9-2-8-26-23-11-12-24(32-14-3-5-19(30(23)32)17-33(26)27)20-15-21-18-34-25(7-1-10-28(34)36)22-6-4-13-31(16-20)29(21)22;1-2/h16,19,21-26,29-30H,1-15,17-18H2;2H,1H3/t19-,21-,22+,23+,24-,25+,26+,29-,30-;/m0./s1. The van der Waals surface area contributed by atoms with E-state index in [0.29, 0.717) is 65.7 Å². The SMILES string of the molecule is CO.O=C1CCC[C@@H]2[C@H]3CCCN4C=C([C@@H]5CC[C@H]6[C@@H]7[C@@H](CCCN75)CN5C(=O)CCC[C@H]65)C[C@@H](CN12)[C@@H]34.